The maximum absolute atomic E-state index is 11.6. The van der Waals surface area contributed by atoms with E-state index in [1.54, 1.807) is 24.3 Å². The van der Waals surface area contributed by atoms with Crippen molar-refractivity contribution in [2.45, 2.75) is 31.8 Å². The molecule has 3 N–H and O–H groups in total. The molecule has 5 nitrogen and oxygen atoms in total. The first-order valence-corrected chi connectivity index (χ1v) is 7.61. The number of amides is 1. The molecular formula is C12H22N4OS. The lowest BCUT2D eigenvalue weighted by Crippen LogP contribution is -2.41. The Bertz CT molecular complexity index is 329. The molecular weight excluding hydrogens is 248 g/mol. The van der Waals surface area contributed by atoms with Gasteiger partial charge in [-0.25, -0.2) is 4.98 Å². The second kappa shape index (κ2) is 8.99. The second-order valence-corrected chi connectivity index (χ2v) is 5.17. The minimum Gasteiger partial charge on any atom is -0.355 e. The van der Waals surface area contributed by atoms with E-state index >= 15 is 0 Å². The summed E-state index contributed by atoms with van der Waals surface area (Å²) >= 11 is 1.71. The molecule has 1 amide bonds. The fourth-order valence-corrected chi connectivity index (χ4v) is 2.05. The van der Waals surface area contributed by atoms with Crippen LogP contribution in [-0.4, -0.2) is 40.1 Å². The van der Waals surface area contributed by atoms with Crippen LogP contribution in [0.5, 0.6) is 0 Å². The largest absolute Gasteiger partial charge is 0.355 e. The first-order valence-electron chi connectivity index (χ1n) is 6.22. The number of imidazole rings is 1. The summed E-state index contributed by atoms with van der Waals surface area (Å²) in [6.07, 6.45) is 10.2. The van der Waals surface area contributed by atoms with Crippen LogP contribution in [0, 0.1) is 0 Å². The Hall–Kier alpha value is -1.01. The fraction of sp³-hybridized carbons (Fsp3) is 0.667. The molecule has 0 bridgehead atoms. The molecule has 0 aliphatic rings. The van der Waals surface area contributed by atoms with E-state index in [0.29, 0.717) is 6.54 Å². The van der Waals surface area contributed by atoms with Gasteiger partial charge in [-0.2, -0.15) is 11.8 Å². The average molecular weight is 270 g/mol. The van der Waals surface area contributed by atoms with Crippen molar-refractivity contribution in [1.29, 1.82) is 0 Å². The molecule has 1 aromatic rings. The number of unbranched alkanes of at least 4 members (excludes halogenated alkanes) is 1. The monoisotopic (exact) mass is 270 g/mol. The number of hydrogen-bond acceptors (Lipinski definition) is 4. The van der Waals surface area contributed by atoms with E-state index in [1.165, 1.54) is 0 Å². The number of nitrogens with zero attached hydrogens (tertiary/aromatic N) is 2. The Balaban J connectivity index is 2.01. The van der Waals surface area contributed by atoms with Crippen molar-refractivity contribution in [1.82, 2.24) is 14.9 Å². The number of rotatable bonds is 9. The fourth-order valence-electron chi connectivity index (χ4n) is 1.56. The van der Waals surface area contributed by atoms with Crippen molar-refractivity contribution in [3.05, 3.63) is 18.7 Å². The van der Waals surface area contributed by atoms with Gasteiger partial charge in [0.25, 0.3) is 0 Å². The highest BCUT2D eigenvalue weighted by Crippen LogP contribution is 1.99. The topological polar surface area (TPSA) is 72.9 Å². The molecule has 0 saturated heterocycles. The molecule has 6 heteroatoms. The summed E-state index contributed by atoms with van der Waals surface area (Å²) in [7, 11) is 0. The molecule has 0 saturated carbocycles. The van der Waals surface area contributed by atoms with Gasteiger partial charge in [0.2, 0.25) is 5.91 Å². The Labute approximate surface area is 113 Å². The lowest BCUT2D eigenvalue weighted by molar-refractivity contribution is -0.122. The molecule has 1 rings (SSSR count). The Morgan fingerprint density at radius 3 is 3.06 bits per heavy atom. The number of nitrogens with one attached hydrogen (secondary N) is 1. The van der Waals surface area contributed by atoms with Gasteiger partial charge in [0.1, 0.15) is 0 Å². The zero-order valence-electron chi connectivity index (χ0n) is 10.8. The Morgan fingerprint density at radius 1 is 1.56 bits per heavy atom. The minimum atomic E-state index is -0.369. The standard InChI is InChI=1S/C12H22N4OS/c1-18-9-4-11(13)12(17)15-5-2-3-7-16-8-6-14-10-16/h6,8,10-11H,2-5,7,9,13H2,1H3,(H,15,17)/t11-/m1/s1. The molecule has 0 spiro atoms. The predicted octanol–water partition coefficient (Wildman–Crippen LogP) is 0.860. The number of carbonyl (C=O) groups is 1. The molecule has 0 aliphatic heterocycles. The molecule has 0 radical (unpaired) electrons. The predicted molar refractivity (Wildman–Crippen MR) is 75.4 cm³/mol. The van der Waals surface area contributed by atoms with Gasteiger partial charge in [0.05, 0.1) is 12.4 Å². The van der Waals surface area contributed by atoms with Crippen LogP contribution in [0.1, 0.15) is 19.3 Å². The number of aryl methyl sites for hydroxylation is 1. The summed E-state index contributed by atoms with van der Waals surface area (Å²) in [5.74, 6) is 0.890. The number of thioether (sulfide) groups is 1. The third-order valence-corrected chi connectivity index (χ3v) is 3.32. The van der Waals surface area contributed by atoms with Gasteiger partial charge < -0.3 is 15.6 Å². The highest BCUT2D eigenvalue weighted by atomic mass is 32.2. The van der Waals surface area contributed by atoms with E-state index in [2.05, 4.69) is 10.3 Å². The number of nitrogens with two attached hydrogens (primary N) is 1. The maximum atomic E-state index is 11.6. The molecule has 0 unspecified atom stereocenters. The van der Waals surface area contributed by atoms with Gasteiger partial charge in [0.15, 0.2) is 0 Å². The van der Waals surface area contributed by atoms with Crippen LogP contribution in [0.2, 0.25) is 0 Å². The van der Waals surface area contributed by atoms with Gasteiger partial charge >= 0.3 is 0 Å². The van der Waals surface area contributed by atoms with Crippen molar-refractivity contribution >= 4 is 17.7 Å². The molecule has 102 valence electrons. The number of hydrogen-bond donors (Lipinski definition) is 2. The van der Waals surface area contributed by atoms with Gasteiger partial charge in [-0.05, 0) is 31.3 Å². The van der Waals surface area contributed by atoms with Gasteiger partial charge in [-0.15, -0.1) is 0 Å². The Kier molecular flexibility index (Phi) is 7.52. The summed E-state index contributed by atoms with van der Waals surface area (Å²) in [6.45, 7) is 1.63. The van der Waals surface area contributed by atoms with Gasteiger partial charge in [-0.3, -0.25) is 4.79 Å². The first-order chi connectivity index (χ1) is 8.74. The average Bonchev–Trinajstić information content (AvgIpc) is 2.88. The van der Waals surface area contributed by atoms with Crippen LogP contribution < -0.4 is 11.1 Å². The molecule has 18 heavy (non-hydrogen) atoms. The van der Waals surface area contributed by atoms with Crippen LogP contribution in [0.3, 0.4) is 0 Å². The van der Waals surface area contributed by atoms with E-state index in [4.69, 9.17) is 5.73 Å². The highest BCUT2D eigenvalue weighted by Gasteiger charge is 2.11. The third-order valence-electron chi connectivity index (χ3n) is 2.67. The van der Waals surface area contributed by atoms with Crippen molar-refractivity contribution in [2.75, 3.05) is 18.6 Å². The van der Waals surface area contributed by atoms with Crippen molar-refractivity contribution in [3.63, 3.8) is 0 Å². The lowest BCUT2D eigenvalue weighted by atomic mass is 10.2. The van der Waals surface area contributed by atoms with Crippen LogP contribution in [0.15, 0.2) is 18.7 Å². The van der Waals surface area contributed by atoms with Crippen molar-refractivity contribution < 1.29 is 4.79 Å². The zero-order chi connectivity index (χ0) is 13.2. The van der Waals surface area contributed by atoms with E-state index in [0.717, 1.165) is 31.6 Å². The van der Waals surface area contributed by atoms with Gasteiger partial charge in [0, 0.05) is 25.5 Å². The molecule has 0 aliphatic carbocycles. The van der Waals surface area contributed by atoms with Crippen LogP contribution in [0.4, 0.5) is 0 Å². The quantitative estimate of drug-likeness (QED) is 0.653. The smallest absolute Gasteiger partial charge is 0.236 e. The summed E-state index contributed by atoms with van der Waals surface area (Å²) in [6, 6.07) is -0.369. The van der Waals surface area contributed by atoms with E-state index in [1.807, 2.05) is 17.0 Å². The number of carbonyl (C=O) groups excluding carboxylic acids is 1. The summed E-state index contributed by atoms with van der Waals surface area (Å²) in [5.41, 5.74) is 5.76. The minimum absolute atomic E-state index is 0.0355. The maximum Gasteiger partial charge on any atom is 0.236 e. The lowest BCUT2D eigenvalue weighted by Gasteiger charge is -2.11. The van der Waals surface area contributed by atoms with Crippen LogP contribution in [-0.2, 0) is 11.3 Å². The van der Waals surface area contributed by atoms with Crippen LogP contribution in [0.25, 0.3) is 0 Å². The normalized spacial score (nSPS) is 12.3. The summed E-state index contributed by atoms with van der Waals surface area (Å²) in [5, 5.41) is 2.87. The molecule has 0 aromatic carbocycles. The first kappa shape index (κ1) is 15.0. The third kappa shape index (κ3) is 6.07. The van der Waals surface area contributed by atoms with Crippen molar-refractivity contribution in [2.24, 2.45) is 5.73 Å². The molecule has 1 heterocycles. The summed E-state index contributed by atoms with van der Waals surface area (Å²) in [4.78, 5) is 15.6. The van der Waals surface area contributed by atoms with Gasteiger partial charge in [-0.1, -0.05) is 0 Å². The van der Waals surface area contributed by atoms with E-state index < -0.39 is 0 Å². The molecule has 1 atom stereocenters. The molecule has 0 fully saturated rings. The van der Waals surface area contributed by atoms with Crippen LogP contribution >= 0.6 is 11.8 Å². The number of aromatic nitrogens is 2. The zero-order valence-corrected chi connectivity index (χ0v) is 11.7. The second-order valence-electron chi connectivity index (χ2n) is 4.19. The highest BCUT2D eigenvalue weighted by molar-refractivity contribution is 7.98. The summed E-state index contributed by atoms with van der Waals surface area (Å²) < 4.78 is 2.03. The van der Waals surface area contributed by atoms with E-state index in [-0.39, 0.29) is 11.9 Å². The van der Waals surface area contributed by atoms with Crippen molar-refractivity contribution in [3.8, 4) is 0 Å². The van der Waals surface area contributed by atoms with E-state index in [9.17, 15) is 4.79 Å². The SMILES string of the molecule is CSCC[C@@H](N)C(=O)NCCCCn1ccnc1. The molecule has 1 aromatic heterocycles. The Morgan fingerprint density at radius 2 is 2.39 bits per heavy atom.